The van der Waals surface area contributed by atoms with Crippen LogP contribution in [0, 0.1) is 0 Å². The summed E-state index contributed by atoms with van der Waals surface area (Å²) < 4.78 is 10.7. The molecule has 0 bridgehead atoms. The van der Waals surface area contributed by atoms with E-state index in [1.807, 2.05) is 18.2 Å². The molecule has 0 spiro atoms. The smallest absolute Gasteiger partial charge is 0.256 e. The zero-order chi connectivity index (χ0) is 24.4. The zero-order valence-corrected chi connectivity index (χ0v) is 21.1. The zero-order valence-electron chi connectivity index (χ0n) is 18.8. The van der Waals surface area contributed by atoms with Gasteiger partial charge in [0.05, 0.1) is 41.6 Å². The number of methoxy groups -OCH3 is 2. The number of carbonyl (C=O) groups is 2. The summed E-state index contributed by atoms with van der Waals surface area (Å²) in [4.78, 5) is 27.4. The van der Waals surface area contributed by atoms with Crippen molar-refractivity contribution in [2.75, 3.05) is 27.3 Å². The summed E-state index contributed by atoms with van der Waals surface area (Å²) in [6, 6.07) is 8.52. The van der Waals surface area contributed by atoms with Gasteiger partial charge in [0.15, 0.2) is 11.5 Å². The number of hydrogen-bond acceptors (Lipinski definition) is 5. The van der Waals surface area contributed by atoms with Crippen LogP contribution in [0.4, 0.5) is 0 Å². The van der Waals surface area contributed by atoms with Crippen LogP contribution in [0.15, 0.2) is 35.4 Å². The molecule has 0 aliphatic carbocycles. The molecule has 0 atom stereocenters. The average Bonchev–Trinajstić information content (AvgIpc) is 2.83. The van der Waals surface area contributed by atoms with E-state index in [4.69, 9.17) is 49.4 Å². The first-order valence-corrected chi connectivity index (χ1v) is 12.0. The van der Waals surface area contributed by atoms with Crippen molar-refractivity contribution in [3.8, 4) is 11.5 Å². The number of nitrogens with zero attached hydrogens (tertiary/aromatic N) is 3. The maximum Gasteiger partial charge on any atom is 0.256 e. The van der Waals surface area contributed by atoms with Gasteiger partial charge in [-0.25, -0.2) is 5.01 Å². The van der Waals surface area contributed by atoms with Gasteiger partial charge in [0.1, 0.15) is 0 Å². The summed E-state index contributed by atoms with van der Waals surface area (Å²) >= 11 is 18.4. The average molecular weight is 525 g/mol. The van der Waals surface area contributed by atoms with Crippen molar-refractivity contribution in [1.82, 2.24) is 9.91 Å². The van der Waals surface area contributed by atoms with Crippen LogP contribution in [0.3, 0.4) is 0 Å². The van der Waals surface area contributed by atoms with Gasteiger partial charge in [-0.2, -0.15) is 5.10 Å². The summed E-state index contributed by atoms with van der Waals surface area (Å²) in [5.74, 6) is 0.980. The molecule has 180 valence electrons. The van der Waals surface area contributed by atoms with Crippen LogP contribution in [0.5, 0.6) is 11.5 Å². The lowest BCUT2D eigenvalue weighted by molar-refractivity contribution is -0.135. The molecule has 0 unspecified atom stereocenters. The van der Waals surface area contributed by atoms with Crippen molar-refractivity contribution in [1.29, 1.82) is 0 Å². The van der Waals surface area contributed by atoms with Gasteiger partial charge in [0.25, 0.3) is 5.91 Å². The van der Waals surface area contributed by atoms with Gasteiger partial charge < -0.3 is 14.4 Å². The van der Waals surface area contributed by atoms with Crippen LogP contribution >= 0.6 is 34.8 Å². The third-order valence-corrected chi connectivity index (χ3v) is 6.91. The molecule has 0 aromatic heterocycles. The predicted octanol–water partition coefficient (Wildman–Crippen LogP) is 5.30. The first-order chi connectivity index (χ1) is 16.3. The summed E-state index contributed by atoms with van der Waals surface area (Å²) in [6.45, 7) is 0.924. The molecule has 2 aliphatic heterocycles. The quantitative estimate of drug-likeness (QED) is 0.532. The minimum atomic E-state index is -0.246. The Morgan fingerprint density at radius 3 is 2.24 bits per heavy atom. The first-order valence-electron chi connectivity index (χ1n) is 10.9. The highest BCUT2D eigenvalue weighted by Gasteiger charge is 2.33. The van der Waals surface area contributed by atoms with Crippen LogP contribution in [0.1, 0.15) is 41.6 Å². The number of ether oxygens (including phenoxy) is 2. The lowest BCUT2D eigenvalue weighted by Crippen LogP contribution is -2.48. The molecule has 4 rings (SSSR count). The Morgan fingerprint density at radius 1 is 0.971 bits per heavy atom. The van der Waals surface area contributed by atoms with E-state index in [2.05, 4.69) is 0 Å². The van der Waals surface area contributed by atoms with Gasteiger partial charge >= 0.3 is 0 Å². The molecule has 10 heteroatoms. The Kier molecular flexibility index (Phi) is 7.55. The standard InChI is InChI=1S/C24H24Cl3N3O4/c1-33-20-5-3-14(11-21(20)34-2)19-4-6-22(31)30(28-19)16-7-9-29(10-8-16)24(32)23-17(26)12-15(25)13-18(23)27/h3,5,11-13,16H,4,6-10H2,1-2H3. The van der Waals surface area contributed by atoms with E-state index in [1.54, 1.807) is 24.1 Å². The van der Waals surface area contributed by atoms with Gasteiger partial charge in [-0.15, -0.1) is 0 Å². The fraction of sp³-hybridized carbons (Fsp3) is 0.375. The molecule has 0 saturated carbocycles. The van der Waals surface area contributed by atoms with Gasteiger partial charge in [-0.1, -0.05) is 34.8 Å². The second kappa shape index (κ2) is 10.4. The topological polar surface area (TPSA) is 71.4 Å². The molecule has 0 radical (unpaired) electrons. The highest BCUT2D eigenvalue weighted by Crippen LogP contribution is 2.32. The second-order valence-corrected chi connectivity index (χ2v) is 9.37. The van der Waals surface area contributed by atoms with E-state index in [1.165, 1.54) is 12.1 Å². The number of benzene rings is 2. The monoisotopic (exact) mass is 523 g/mol. The van der Waals surface area contributed by atoms with Crippen molar-refractivity contribution < 1.29 is 19.1 Å². The fourth-order valence-electron chi connectivity index (χ4n) is 4.30. The van der Waals surface area contributed by atoms with Gasteiger partial charge in [0, 0.05) is 36.5 Å². The second-order valence-electron chi connectivity index (χ2n) is 8.12. The lowest BCUT2D eigenvalue weighted by Gasteiger charge is -2.38. The number of halogens is 3. The number of amides is 2. The molecular formula is C24H24Cl3N3O4. The molecular weight excluding hydrogens is 501 g/mol. The Bertz CT molecular complexity index is 1120. The third-order valence-electron chi connectivity index (χ3n) is 6.09. The largest absolute Gasteiger partial charge is 0.493 e. The van der Waals surface area contributed by atoms with Gasteiger partial charge in [-0.3, -0.25) is 9.59 Å². The normalized spacial score (nSPS) is 17.0. The Balaban J connectivity index is 1.48. The first kappa shape index (κ1) is 24.6. The van der Waals surface area contributed by atoms with E-state index in [0.717, 1.165) is 11.3 Å². The molecule has 2 aromatic rings. The van der Waals surface area contributed by atoms with Crippen molar-refractivity contribution >= 4 is 52.3 Å². The molecule has 1 saturated heterocycles. The number of carbonyl (C=O) groups excluding carboxylic acids is 2. The van der Waals surface area contributed by atoms with Crippen molar-refractivity contribution in [3.05, 3.63) is 56.5 Å². The number of piperidine rings is 1. The van der Waals surface area contributed by atoms with E-state index in [9.17, 15) is 9.59 Å². The maximum absolute atomic E-state index is 13.0. The highest BCUT2D eigenvalue weighted by molar-refractivity contribution is 6.42. The molecule has 2 aliphatic rings. The molecule has 2 aromatic carbocycles. The number of hydrogen-bond donors (Lipinski definition) is 0. The molecule has 34 heavy (non-hydrogen) atoms. The number of hydrazone groups is 1. The van der Waals surface area contributed by atoms with Crippen molar-refractivity contribution in [2.24, 2.45) is 5.10 Å². The van der Waals surface area contributed by atoms with E-state index in [0.29, 0.717) is 55.3 Å². The number of likely N-dealkylation sites (tertiary alicyclic amines) is 1. The summed E-state index contributed by atoms with van der Waals surface area (Å²) in [6.07, 6.45) is 2.13. The van der Waals surface area contributed by atoms with E-state index in [-0.39, 0.29) is 33.5 Å². The maximum atomic E-state index is 13.0. The van der Waals surface area contributed by atoms with Crippen LogP contribution in [0.2, 0.25) is 15.1 Å². The van der Waals surface area contributed by atoms with Crippen molar-refractivity contribution in [3.63, 3.8) is 0 Å². The Hall–Kier alpha value is -2.48. The molecule has 0 N–H and O–H groups in total. The lowest BCUT2D eigenvalue weighted by atomic mass is 10.00. The van der Waals surface area contributed by atoms with E-state index < -0.39 is 0 Å². The highest BCUT2D eigenvalue weighted by atomic mass is 35.5. The molecule has 2 amide bonds. The van der Waals surface area contributed by atoms with Crippen LogP contribution in [-0.2, 0) is 4.79 Å². The number of rotatable bonds is 5. The summed E-state index contributed by atoms with van der Waals surface area (Å²) in [5.41, 5.74) is 1.95. The SMILES string of the molecule is COc1ccc(C2=NN(C3CCN(C(=O)c4c(Cl)cc(Cl)cc4Cl)CC3)C(=O)CC2)cc1OC. The minimum Gasteiger partial charge on any atom is -0.493 e. The molecule has 2 heterocycles. The Morgan fingerprint density at radius 2 is 1.62 bits per heavy atom. The third kappa shape index (κ3) is 4.97. The van der Waals surface area contributed by atoms with Gasteiger partial charge in [0.2, 0.25) is 5.91 Å². The fourth-order valence-corrected chi connectivity index (χ4v) is 5.28. The predicted molar refractivity (Wildman–Crippen MR) is 133 cm³/mol. The van der Waals surface area contributed by atoms with Crippen LogP contribution in [-0.4, -0.2) is 60.8 Å². The summed E-state index contributed by atoms with van der Waals surface area (Å²) in [7, 11) is 3.17. The van der Waals surface area contributed by atoms with E-state index >= 15 is 0 Å². The van der Waals surface area contributed by atoms with Crippen LogP contribution in [0.25, 0.3) is 0 Å². The Labute approximate surface area is 213 Å². The molecule has 7 nitrogen and oxygen atoms in total. The van der Waals surface area contributed by atoms with Crippen LogP contribution < -0.4 is 9.47 Å². The van der Waals surface area contributed by atoms with Gasteiger partial charge in [-0.05, 0) is 43.2 Å². The molecule has 1 fully saturated rings. The van der Waals surface area contributed by atoms with Crippen molar-refractivity contribution in [2.45, 2.75) is 31.7 Å². The summed E-state index contributed by atoms with van der Waals surface area (Å²) in [5, 5.41) is 7.10. The minimum absolute atomic E-state index is 0.0159.